The highest BCUT2D eigenvalue weighted by Crippen LogP contribution is 2.27. The summed E-state index contributed by atoms with van der Waals surface area (Å²) in [5.74, 6) is 2.78. The summed E-state index contributed by atoms with van der Waals surface area (Å²) in [6, 6.07) is -0.279. The summed E-state index contributed by atoms with van der Waals surface area (Å²) in [5.41, 5.74) is 0.342. The minimum Gasteiger partial charge on any atom is -0.351 e. The molecular weight excluding hydrogens is 196 g/mol. The molecule has 0 bridgehead atoms. The van der Waals surface area contributed by atoms with Crippen molar-refractivity contribution < 1.29 is 4.92 Å². The summed E-state index contributed by atoms with van der Waals surface area (Å²) < 4.78 is 1.42. The number of nitrogens with one attached hydrogen (secondary N) is 1. The van der Waals surface area contributed by atoms with Gasteiger partial charge in [-0.1, -0.05) is 5.92 Å². The Morgan fingerprint density at radius 3 is 2.80 bits per heavy atom. The number of nitrogens with zero attached hydrogens (tertiary/aromatic N) is 3. The van der Waals surface area contributed by atoms with Crippen LogP contribution in [0.25, 0.3) is 0 Å². The van der Waals surface area contributed by atoms with E-state index in [-0.39, 0.29) is 11.7 Å². The highest BCUT2D eigenvalue weighted by atomic mass is 16.6. The van der Waals surface area contributed by atoms with Crippen LogP contribution in [0.15, 0.2) is 0 Å². The number of rotatable bonds is 3. The molecular formula is C9H12N4O2. The molecule has 0 saturated heterocycles. The fourth-order valence-corrected chi connectivity index (χ4v) is 1.27. The first-order valence-electron chi connectivity index (χ1n) is 4.38. The van der Waals surface area contributed by atoms with Crippen molar-refractivity contribution in [2.45, 2.75) is 19.9 Å². The van der Waals surface area contributed by atoms with Crippen LogP contribution in [0.1, 0.15) is 12.6 Å². The molecule has 1 unspecified atom stereocenters. The van der Waals surface area contributed by atoms with Crippen LogP contribution < -0.4 is 5.32 Å². The second-order valence-corrected chi connectivity index (χ2v) is 3.20. The molecule has 0 aromatic carbocycles. The van der Waals surface area contributed by atoms with Crippen molar-refractivity contribution in [2.75, 3.05) is 5.32 Å². The van der Waals surface area contributed by atoms with Crippen molar-refractivity contribution in [3.05, 3.63) is 15.8 Å². The highest BCUT2D eigenvalue weighted by molar-refractivity contribution is 5.60. The van der Waals surface area contributed by atoms with Gasteiger partial charge in [0.1, 0.15) is 5.69 Å². The molecule has 0 saturated carbocycles. The van der Waals surface area contributed by atoms with Gasteiger partial charge in [-0.25, -0.2) is 4.68 Å². The summed E-state index contributed by atoms with van der Waals surface area (Å²) in [6.07, 6.45) is 5.19. The maximum atomic E-state index is 10.8. The Balaban J connectivity index is 3.16. The standard InChI is InChI=1S/C9H12N4O2/c1-5-6(2)10-9-8(13(14)15)7(3)11-12(9)4/h1,6,10H,2-4H3. The molecule has 1 rings (SSSR count). The van der Waals surface area contributed by atoms with Crippen molar-refractivity contribution in [3.8, 4) is 12.3 Å². The van der Waals surface area contributed by atoms with Gasteiger partial charge in [0.15, 0.2) is 0 Å². The Kier molecular flexibility index (Phi) is 2.95. The van der Waals surface area contributed by atoms with E-state index >= 15 is 0 Å². The number of terminal acetylenes is 1. The van der Waals surface area contributed by atoms with Crippen LogP contribution in [0.4, 0.5) is 11.5 Å². The van der Waals surface area contributed by atoms with Gasteiger partial charge in [-0.3, -0.25) is 10.1 Å². The molecule has 0 fully saturated rings. The van der Waals surface area contributed by atoms with Crippen LogP contribution in [0.3, 0.4) is 0 Å². The van der Waals surface area contributed by atoms with E-state index in [1.807, 2.05) is 0 Å². The molecule has 15 heavy (non-hydrogen) atoms. The first-order valence-corrected chi connectivity index (χ1v) is 4.38. The van der Waals surface area contributed by atoms with E-state index in [0.717, 1.165) is 0 Å². The maximum absolute atomic E-state index is 10.8. The minimum atomic E-state index is -0.464. The van der Waals surface area contributed by atoms with Crippen LogP contribution in [-0.2, 0) is 7.05 Å². The number of hydrogen-bond acceptors (Lipinski definition) is 4. The van der Waals surface area contributed by atoms with Crippen molar-refractivity contribution in [2.24, 2.45) is 7.05 Å². The molecule has 1 aromatic rings. The molecule has 1 atom stereocenters. The van der Waals surface area contributed by atoms with E-state index in [9.17, 15) is 10.1 Å². The molecule has 6 heteroatoms. The molecule has 0 radical (unpaired) electrons. The van der Waals surface area contributed by atoms with E-state index in [1.165, 1.54) is 4.68 Å². The Labute approximate surface area is 87.4 Å². The summed E-state index contributed by atoms with van der Waals surface area (Å²) in [5, 5.41) is 17.6. The average molecular weight is 208 g/mol. The van der Waals surface area contributed by atoms with Gasteiger partial charge < -0.3 is 5.32 Å². The zero-order valence-electron chi connectivity index (χ0n) is 8.81. The average Bonchev–Trinajstić information content (AvgIpc) is 2.41. The number of aryl methyl sites for hydroxylation is 2. The van der Waals surface area contributed by atoms with Crippen LogP contribution in [0, 0.1) is 29.4 Å². The Morgan fingerprint density at radius 1 is 1.73 bits per heavy atom. The Bertz CT molecular complexity index is 430. The molecule has 80 valence electrons. The number of hydrogen-bond donors (Lipinski definition) is 1. The predicted molar refractivity (Wildman–Crippen MR) is 56.5 cm³/mol. The SMILES string of the molecule is C#CC(C)Nc1c([N+](=O)[O-])c(C)nn1C. The summed E-state index contributed by atoms with van der Waals surface area (Å²) >= 11 is 0. The minimum absolute atomic E-state index is 0.0281. The molecule has 6 nitrogen and oxygen atoms in total. The molecule has 1 heterocycles. The zero-order valence-corrected chi connectivity index (χ0v) is 8.81. The van der Waals surface area contributed by atoms with Crippen molar-refractivity contribution in [1.82, 2.24) is 9.78 Å². The Hall–Kier alpha value is -2.03. The third-order valence-electron chi connectivity index (χ3n) is 1.98. The van der Waals surface area contributed by atoms with Gasteiger partial charge in [-0.2, -0.15) is 5.10 Å². The van der Waals surface area contributed by atoms with Gasteiger partial charge in [0.05, 0.1) is 11.0 Å². The van der Waals surface area contributed by atoms with Crippen LogP contribution in [0.5, 0.6) is 0 Å². The maximum Gasteiger partial charge on any atom is 0.333 e. The molecule has 0 spiro atoms. The van der Waals surface area contributed by atoms with E-state index in [0.29, 0.717) is 11.5 Å². The van der Waals surface area contributed by atoms with E-state index in [4.69, 9.17) is 6.42 Å². The monoisotopic (exact) mass is 208 g/mol. The van der Waals surface area contributed by atoms with Crippen LogP contribution in [0.2, 0.25) is 0 Å². The van der Waals surface area contributed by atoms with Gasteiger partial charge in [0.25, 0.3) is 0 Å². The summed E-state index contributed by atoms with van der Waals surface area (Å²) in [7, 11) is 1.63. The molecule has 0 aliphatic heterocycles. The van der Waals surface area contributed by atoms with Gasteiger partial charge in [-0.05, 0) is 13.8 Å². The smallest absolute Gasteiger partial charge is 0.333 e. The van der Waals surface area contributed by atoms with Crippen LogP contribution >= 0.6 is 0 Å². The van der Waals surface area contributed by atoms with Gasteiger partial charge in [-0.15, -0.1) is 6.42 Å². The fourth-order valence-electron chi connectivity index (χ4n) is 1.27. The van der Waals surface area contributed by atoms with Gasteiger partial charge in [0, 0.05) is 7.05 Å². The third-order valence-corrected chi connectivity index (χ3v) is 1.98. The second kappa shape index (κ2) is 4.00. The second-order valence-electron chi connectivity index (χ2n) is 3.20. The zero-order chi connectivity index (χ0) is 11.6. The lowest BCUT2D eigenvalue weighted by atomic mass is 10.3. The van der Waals surface area contributed by atoms with Crippen LogP contribution in [-0.4, -0.2) is 20.7 Å². The van der Waals surface area contributed by atoms with Gasteiger partial charge in [0.2, 0.25) is 5.82 Å². The molecule has 0 amide bonds. The molecule has 0 aliphatic rings. The van der Waals surface area contributed by atoms with Crippen molar-refractivity contribution in [3.63, 3.8) is 0 Å². The van der Waals surface area contributed by atoms with Crippen molar-refractivity contribution in [1.29, 1.82) is 0 Å². The largest absolute Gasteiger partial charge is 0.351 e. The normalized spacial score (nSPS) is 11.9. The summed E-state index contributed by atoms with van der Waals surface area (Å²) in [4.78, 5) is 10.3. The Morgan fingerprint density at radius 2 is 2.33 bits per heavy atom. The van der Waals surface area contributed by atoms with E-state index in [1.54, 1.807) is 20.9 Å². The lowest BCUT2D eigenvalue weighted by Crippen LogP contribution is -2.15. The lowest BCUT2D eigenvalue weighted by molar-refractivity contribution is -0.384. The highest BCUT2D eigenvalue weighted by Gasteiger charge is 2.24. The molecule has 1 aromatic heterocycles. The topological polar surface area (TPSA) is 73.0 Å². The fraction of sp³-hybridized carbons (Fsp3) is 0.444. The number of nitro groups is 1. The number of anilines is 1. The lowest BCUT2D eigenvalue weighted by Gasteiger charge is -2.07. The van der Waals surface area contributed by atoms with Crippen molar-refractivity contribution >= 4 is 11.5 Å². The third kappa shape index (κ3) is 2.07. The first kappa shape index (κ1) is 11.0. The summed E-state index contributed by atoms with van der Waals surface area (Å²) in [6.45, 7) is 3.33. The van der Waals surface area contributed by atoms with E-state index < -0.39 is 4.92 Å². The molecule has 0 aliphatic carbocycles. The van der Waals surface area contributed by atoms with E-state index in [2.05, 4.69) is 16.3 Å². The predicted octanol–water partition coefficient (Wildman–Crippen LogP) is 1.07. The quantitative estimate of drug-likeness (QED) is 0.458. The van der Waals surface area contributed by atoms with Gasteiger partial charge >= 0.3 is 5.69 Å². The molecule has 1 N–H and O–H groups in total. The first-order chi connectivity index (χ1) is 6.97. The number of aromatic nitrogens is 2.